The average Bonchev–Trinajstić information content (AvgIpc) is 3.38. The molecule has 0 N–H and O–H groups in total. The molecule has 0 fully saturated rings. The number of likely N-dealkylation sites (N-methyl/N-ethyl adjacent to an activating group) is 1. The summed E-state index contributed by atoms with van der Waals surface area (Å²) in [6.07, 6.45) is 2.33. The first kappa shape index (κ1) is 19.1. The number of ether oxygens (including phenoxy) is 2. The molecule has 6 nitrogen and oxygen atoms in total. The van der Waals surface area contributed by atoms with Crippen molar-refractivity contribution in [1.29, 1.82) is 0 Å². The molecule has 2 atom stereocenters. The van der Waals surface area contributed by atoms with Gasteiger partial charge in [-0.25, -0.2) is 9.07 Å². The molecule has 0 spiro atoms. The zero-order chi connectivity index (χ0) is 20.5. The van der Waals surface area contributed by atoms with Gasteiger partial charge in [0.1, 0.15) is 0 Å². The van der Waals surface area contributed by atoms with Crippen molar-refractivity contribution in [2.24, 2.45) is 0 Å². The molecular formula is C22H22FN3O3. The maximum absolute atomic E-state index is 13.7. The number of methoxy groups -OCH3 is 2. The van der Waals surface area contributed by atoms with Crippen molar-refractivity contribution in [2.75, 3.05) is 21.3 Å². The van der Waals surface area contributed by atoms with Crippen LogP contribution < -0.4 is 4.74 Å². The van der Waals surface area contributed by atoms with Gasteiger partial charge in [0.2, 0.25) is 0 Å². The number of aromatic nitrogens is 2. The summed E-state index contributed by atoms with van der Waals surface area (Å²) < 4.78 is 25.9. The predicted octanol–water partition coefficient (Wildman–Crippen LogP) is 3.40. The largest absolute Gasteiger partial charge is 0.494 e. The first-order valence-electron chi connectivity index (χ1n) is 9.31. The van der Waals surface area contributed by atoms with Crippen LogP contribution in [0.2, 0.25) is 0 Å². The van der Waals surface area contributed by atoms with Gasteiger partial charge in [0.25, 0.3) is 5.91 Å². The summed E-state index contributed by atoms with van der Waals surface area (Å²) in [5.74, 6) is -0.542. The molecule has 1 aliphatic rings. The molecule has 3 aromatic rings. The highest BCUT2D eigenvalue weighted by Gasteiger charge is 2.37. The second-order valence-corrected chi connectivity index (χ2v) is 7.00. The Morgan fingerprint density at radius 2 is 2.00 bits per heavy atom. The van der Waals surface area contributed by atoms with E-state index in [9.17, 15) is 9.18 Å². The molecule has 0 bridgehead atoms. The Morgan fingerprint density at radius 3 is 2.76 bits per heavy atom. The van der Waals surface area contributed by atoms with Crippen LogP contribution in [0.1, 0.15) is 27.7 Å². The third kappa shape index (κ3) is 3.38. The van der Waals surface area contributed by atoms with Crippen LogP contribution in [0.15, 0.2) is 54.7 Å². The SMILES string of the molecule is COc1cc(-n2ccc(C(=O)N(C)[C@@H]3c4ccccc4C[C@H]3OC)n2)ccc1F. The molecule has 0 saturated carbocycles. The number of hydrogen-bond acceptors (Lipinski definition) is 4. The summed E-state index contributed by atoms with van der Waals surface area (Å²) in [6.45, 7) is 0. The van der Waals surface area contributed by atoms with Crippen molar-refractivity contribution < 1.29 is 18.7 Å². The minimum Gasteiger partial charge on any atom is -0.494 e. The van der Waals surface area contributed by atoms with Gasteiger partial charge in [-0.05, 0) is 29.3 Å². The third-order valence-electron chi connectivity index (χ3n) is 5.39. The second-order valence-electron chi connectivity index (χ2n) is 7.00. The highest BCUT2D eigenvalue weighted by molar-refractivity contribution is 5.92. The van der Waals surface area contributed by atoms with Crippen molar-refractivity contribution in [1.82, 2.24) is 14.7 Å². The van der Waals surface area contributed by atoms with Crippen LogP contribution >= 0.6 is 0 Å². The number of rotatable bonds is 5. The molecule has 1 aromatic heterocycles. The van der Waals surface area contributed by atoms with Crippen molar-refractivity contribution in [3.63, 3.8) is 0 Å². The molecule has 29 heavy (non-hydrogen) atoms. The number of halogens is 1. The molecule has 4 rings (SSSR count). The monoisotopic (exact) mass is 395 g/mol. The Labute approximate surface area is 168 Å². The van der Waals surface area contributed by atoms with E-state index in [0.29, 0.717) is 11.4 Å². The summed E-state index contributed by atoms with van der Waals surface area (Å²) in [5.41, 5.74) is 3.19. The fraction of sp³-hybridized carbons (Fsp3) is 0.273. The number of benzene rings is 2. The zero-order valence-electron chi connectivity index (χ0n) is 16.5. The van der Waals surface area contributed by atoms with E-state index in [1.807, 2.05) is 18.2 Å². The van der Waals surface area contributed by atoms with E-state index in [4.69, 9.17) is 9.47 Å². The maximum Gasteiger partial charge on any atom is 0.274 e. The summed E-state index contributed by atoms with van der Waals surface area (Å²) in [5, 5.41) is 4.39. The number of carbonyl (C=O) groups is 1. The number of carbonyl (C=O) groups excluding carboxylic acids is 1. The zero-order valence-corrected chi connectivity index (χ0v) is 16.5. The van der Waals surface area contributed by atoms with E-state index >= 15 is 0 Å². The third-order valence-corrected chi connectivity index (χ3v) is 5.39. The number of fused-ring (bicyclic) bond motifs is 1. The lowest BCUT2D eigenvalue weighted by Crippen LogP contribution is -2.37. The smallest absolute Gasteiger partial charge is 0.274 e. The van der Waals surface area contributed by atoms with Crippen LogP contribution in [0.3, 0.4) is 0 Å². The molecular weight excluding hydrogens is 373 g/mol. The van der Waals surface area contributed by atoms with Gasteiger partial charge in [-0.15, -0.1) is 0 Å². The molecule has 2 aromatic carbocycles. The Morgan fingerprint density at radius 1 is 1.21 bits per heavy atom. The first-order valence-corrected chi connectivity index (χ1v) is 9.31. The normalized spacial score (nSPS) is 17.8. The quantitative estimate of drug-likeness (QED) is 0.664. The lowest BCUT2D eigenvalue weighted by atomic mass is 10.1. The average molecular weight is 395 g/mol. The summed E-state index contributed by atoms with van der Waals surface area (Å²) in [4.78, 5) is 14.8. The summed E-state index contributed by atoms with van der Waals surface area (Å²) in [6, 6.07) is 14.0. The molecule has 7 heteroatoms. The minimum absolute atomic E-state index is 0.107. The molecule has 0 unspecified atom stereocenters. The van der Waals surface area contributed by atoms with Crippen LogP contribution in [0.4, 0.5) is 4.39 Å². The van der Waals surface area contributed by atoms with Gasteiger partial charge in [0, 0.05) is 32.8 Å². The standard InChI is InChI=1S/C22H22FN3O3/c1-25(21-16-7-5-4-6-14(16)12-20(21)29-3)22(27)18-10-11-26(24-18)15-8-9-17(23)19(13-15)28-2/h4-11,13,20-21H,12H2,1-3H3/t20-,21-/m1/s1. The highest BCUT2D eigenvalue weighted by atomic mass is 19.1. The van der Waals surface area contributed by atoms with Crippen LogP contribution in [0.25, 0.3) is 5.69 Å². The van der Waals surface area contributed by atoms with Gasteiger partial charge >= 0.3 is 0 Å². The lowest BCUT2D eigenvalue weighted by Gasteiger charge is -2.29. The molecule has 0 saturated heterocycles. The van der Waals surface area contributed by atoms with Crippen molar-refractivity contribution >= 4 is 5.91 Å². The Balaban J connectivity index is 1.61. The molecule has 1 amide bonds. The topological polar surface area (TPSA) is 56.6 Å². The highest BCUT2D eigenvalue weighted by Crippen LogP contribution is 2.37. The Bertz CT molecular complexity index is 1050. The van der Waals surface area contributed by atoms with Crippen molar-refractivity contribution in [2.45, 2.75) is 18.6 Å². The lowest BCUT2D eigenvalue weighted by molar-refractivity contribution is 0.0287. The van der Waals surface area contributed by atoms with E-state index < -0.39 is 5.82 Å². The van der Waals surface area contributed by atoms with Gasteiger partial charge in [-0.2, -0.15) is 5.10 Å². The van der Waals surface area contributed by atoms with Gasteiger partial charge < -0.3 is 14.4 Å². The molecule has 150 valence electrons. The van der Waals surface area contributed by atoms with Crippen LogP contribution in [0, 0.1) is 5.82 Å². The summed E-state index contributed by atoms with van der Waals surface area (Å²) in [7, 11) is 4.83. The molecule has 1 aliphatic carbocycles. The number of hydrogen-bond donors (Lipinski definition) is 0. The van der Waals surface area contributed by atoms with Crippen LogP contribution in [-0.4, -0.2) is 48.0 Å². The fourth-order valence-electron chi connectivity index (χ4n) is 3.89. The first-order chi connectivity index (χ1) is 14.0. The van der Waals surface area contributed by atoms with Crippen LogP contribution in [0.5, 0.6) is 5.75 Å². The second kappa shape index (κ2) is 7.67. The maximum atomic E-state index is 13.7. The van der Waals surface area contributed by atoms with Gasteiger partial charge in [-0.3, -0.25) is 4.79 Å². The van der Waals surface area contributed by atoms with E-state index in [1.54, 1.807) is 37.4 Å². The van der Waals surface area contributed by atoms with E-state index in [0.717, 1.165) is 12.0 Å². The van der Waals surface area contributed by atoms with Gasteiger partial charge in [-0.1, -0.05) is 24.3 Å². The van der Waals surface area contributed by atoms with Gasteiger partial charge in [0.05, 0.1) is 24.9 Å². The minimum atomic E-state index is -0.454. The number of nitrogens with zero attached hydrogens (tertiary/aromatic N) is 3. The van der Waals surface area contributed by atoms with E-state index in [-0.39, 0.29) is 23.8 Å². The Hall–Kier alpha value is -3.19. The van der Waals surface area contributed by atoms with Crippen molar-refractivity contribution in [3.8, 4) is 11.4 Å². The van der Waals surface area contributed by atoms with Gasteiger partial charge in [0.15, 0.2) is 17.3 Å². The van der Waals surface area contributed by atoms with E-state index in [1.165, 1.54) is 29.5 Å². The molecule has 1 heterocycles. The molecule has 0 radical (unpaired) electrons. The fourth-order valence-corrected chi connectivity index (χ4v) is 3.89. The van der Waals surface area contributed by atoms with Crippen LogP contribution in [-0.2, 0) is 11.2 Å². The number of amides is 1. The predicted molar refractivity (Wildman–Crippen MR) is 106 cm³/mol. The molecule has 0 aliphatic heterocycles. The Kier molecular flexibility index (Phi) is 5.07. The van der Waals surface area contributed by atoms with Crippen molar-refractivity contribution in [3.05, 3.63) is 77.4 Å². The van der Waals surface area contributed by atoms with E-state index in [2.05, 4.69) is 11.2 Å². The summed E-state index contributed by atoms with van der Waals surface area (Å²) >= 11 is 0.